The first-order valence-electron chi connectivity index (χ1n) is 13.1. The zero-order valence-corrected chi connectivity index (χ0v) is 22.8. The zero-order chi connectivity index (χ0) is 26.1. The number of rotatable bonds is 10. The number of halogens is 1. The third kappa shape index (κ3) is 4.73. The highest BCUT2D eigenvalue weighted by Gasteiger charge is 2.33. The van der Waals surface area contributed by atoms with Crippen molar-refractivity contribution in [1.29, 1.82) is 0 Å². The van der Waals surface area contributed by atoms with Crippen LogP contribution in [0.2, 0.25) is 5.02 Å². The highest BCUT2D eigenvalue weighted by atomic mass is 35.5. The first-order chi connectivity index (χ1) is 18.0. The van der Waals surface area contributed by atoms with Gasteiger partial charge in [0, 0.05) is 43.0 Å². The van der Waals surface area contributed by atoms with Crippen LogP contribution in [0.25, 0.3) is 10.9 Å². The minimum absolute atomic E-state index is 0.0997. The van der Waals surface area contributed by atoms with E-state index in [1.165, 1.54) is 0 Å². The van der Waals surface area contributed by atoms with Crippen LogP contribution in [0.1, 0.15) is 48.3 Å². The van der Waals surface area contributed by atoms with Gasteiger partial charge in [-0.25, -0.2) is 4.98 Å². The summed E-state index contributed by atoms with van der Waals surface area (Å²) in [6, 6.07) is 6.32. The number of carbonyl (C=O) groups excluding carboxylic acids is 1. The molecule has 198 valence electrons. The number of aromatic nitrogens is 2. The Balaban J connectivity index is 1.55. The molecule has 9 heteroatoms. The molecule has 2 aliphatic rings. The molecule has 8 nitrogen and oxygen atoms in total. The number of nitrogens with zero attached hydrogens (tertiary/aromatic N) is 4. The third-order valence-electron chi connectivity index (χ3n) is 7.27. The Hall–Kier alpha value is -2.97. The van der Waals surface area contributed by atoms with Gasteiger partial charge in [0.05, 0.1) is 66.9 Å². The maximum atomic E-state index is 14.2. The number of unbranched alkanes of at least 4 members (excludes halogenated alkanes) is 1. The summed E-state index contributed by atoms with van der Waals surface area (Å²) >= 11 is 7.08. The number of methoxy groups -OCH3 is 1. The molecule has 37 heavy (non-hydrogen) atoms. The molecule has 2 aliphatic heterocycles. The van der Waals surface area contributed by atoms with Gasteiger partial charge >= 0.3 is 0 Å². The van der Waals surface area contributed by atoms with E-state index in [1.807, 2.05) is 24.1 Å². The van der Waals surface area contributed by atoms with Gasteiger partial charge in [0.25, 0.3) is 5.91 Å². The number of hydrogen-bond donors (Lipinski definition) is 0. The number of hydrogen-bond acceptors (Lipinski definition) is 6. The van der Waals surface area contributed by atoms with Crippen molar-refractivity contribution in [3.05, 3.63) is 46.2 Å². The Labute approximate surface area is 223 Å². The lowest BCUT2D eigenvalue weighted by molar-refractivity contribution is 0.00849. The second kappa shape index (κ2) is 10.8. The number of aryl methyl sites for hydroxylation is 1. The van der Waals surface area contributed by atoms with Crippen LogP contribution in [-0.2, 0) is 17.8 Å². The number of benzene rings is 1. The number of ether oxygens (including phenoxy) is 3. The van der Waals surface area contributed by atoms with E-state index in [-0.39, 0.29) is 11.9 Å². The lowest BCUT2D eigenvalue weighted by Crippen LogP contribution is -2.49. The average molecular weight is 527 g/mol. The van der Waals surface area contributed by atoms with Gasteiger partial charge in [0.2, 0.25) is 5.88 Å². The third-order valence-corrected chi connectivity index (χ3v) is 7.65. The predicted octanol–water partition coefficient (Wildman–Crippen LogP) is 5.07. The SMILES string of the molecule is CCCCOc1nc(C)cc(OC)c1CN1CCn2ccc3cc(N(CC)C4COC4)c(Cl)c(c32)C1=O. The molecule has 1 fully saturated rings. The minimum Gasteiger partial charge on any atom is -0.496 e. The highest BCUT2D eigenvalue weighted by molar-refractivity contribution is 6.38. The molecule has 2 aromatic heterocycles. The first-order valence-corrected chi connectivity index (χ1v) is 13.5. The Kier molecular flexibility index (Phi) is 7.49. The van der Waals surface area contributed by atoms with E-state index in [1.54, 1.807) is 7.11 Å². The van der Waals surface area contributed by atoms with Gasteiger partial charge in [0.15, 0.2) is 0 Å². The van der Waals surface area contributed by atoms with Crippen molar-refractivity contribution in [3.63, 3.8) is 0 Å². The Morgan fingerprint density at radius 2 is 2.05 bits per heavy atom. The van der Waals surface area contributed by atoms with Crippen molar-refractivity contribution in [1.82, 2.24) is 14.5 Å². The van der Waals surface area contributed by atoms with E-state index in [0.717, 1.165) is 47.2 Å². The molecule has 0 radical (unpaired) electrons. The Bertz CT molecular complexity index is 1300. The highest BCUT2D eigenvalue weighted by Crippen LogP contribution is 2.40. The summed E-state index contributed by atoms with van der Waals surface area (Å²) in [5.74, 6) is 1.09. The summed E-state index contributed by atoms with van der Waals surface area (Å²) in [6.45, 7) is 10.3. The van der Waals surface area contributed by atoms with E-state index in [2.05, 4.69) is 40.4 Å². The number of carbonyl (C=O) groups is 1. The molecule has 3 aromatic rings. The Morgan fingerprint density at radius 1 is 1.24 bits per heavy atom. The largest absolute Gasteiger partial charge is 0.496 e. The molecule has 1 amide bonds. The molecule has 0 atom stereocenters. The fraction of sp³-hybridized carbons (Fsp3) is 0.500. The van der Waals surface area contributed by atoms with Crippen LogP contribution in [0.5, 0.6) is 11.6 Å². The summed E-state index contributed by atoms with van der Waals surface area (Å²) in [5, 5.41) is 1.51. The molecule has 0 saturated carbocycles. The molecular weight excluding hydrogens is 492 g/mol. The fourth-order valence-electron chi connectivity index (χ4n) is 5.19. The van der Waals surface area contributed by atoms with Crippen molar-refractivity contribution in [3.8, 4) is 11.6 Å². The van der Waals surface area contributed by atoms with Gasteiger partial charge in [-0.3, -0.25) is 4.79 Å². The van der Waals surface area contributed by atoms with Crippen LogP contribution in [-0.4, -0.2) is 66.4 Å². The van der Waals surface area contributed by atoms with E-state index < -0.39 is 0 Å². The van der Waals surface area contributed by atoms with Crippen LogP contribution in [0.15, 0.2) is 24.4 Å². The number of pyridine rings is 1. The second-order valence-electron chi connectivity index (χ2n) is 9.69. The van der Waals surface area contributed by atoms with Gasteiger partial charge < -0.3 is 28.6 Å². The number of amides is 1. The quantitative estimate of drug-likeness (QED) is 0.344. The predicted molar refractivity (Wildman–Crippen MR) is 145 cm³/mol. The van der Waals surface area contributed by atoms with Gasteiger partial charge in [-0.2, -0.15) is 0 Å². The van der Waals surface area contributed by atoms with Crippen LogP contribution in [0, 0.1) is 6.92 Å². The van der Waals surface area contributed by atoms with Crippen LogP contribution < -0.4 is 14.4 Å². The molecule has 0 aliphatic carbocycles. The fourth-order valence-corrected chi connectivity index (χ4v) is 5.52. The number of anilines is 1. The molecule has 1 saturated heterocycles. The smallest absolute Gasteiger partial charge is 0.257 e. The molecule has 0 bridgehead atoms. The van der Waals surface area contributed by atoms with Gasteiger partial charge in [-0.05, 0) is 32.4 Å². The monoisotopic (exact) mass is 526 g/mol. The van der Waals surface area contributed by atoms with Gasteiger partial charge in [0.1, 0.15) is 5.75 Å². The normalized spacial score (nSPS) is 15.6. The van der Waals surface area contributed by atoms with Crippen molar-refractivity contribution in [2.45, 2.75) is 52.7 Å². The Morgan fingerprint density at radius 3 is 2.73 bits per heavy atom. The van der Waals surface area contributed by atoms with E-state index in [0.29, 0.717) is 61.7 Å². The molecule has 4 heterocycles. The van der Waals surface area contributed by atoms with E-state index in [4.69, 9.17) is 25.8 Å². The van der Waals surface area contributed by atoms with Crippen LogP contribution in [0.4, 0.5) is 5.69 Å². The maximum Gasteiger partial charge on any atom is 0.257 e. The topological polar surface area (TPSA) is 69.1 Å². The molecule has 0 N–H and O–H groups in total. The molecular formula is C28H35ClN4O4. The summed E-state index contributed by atoms with van der Waals surface area (Å²) in [7, 11) is 1.64. The summed E-state index contributed by atoms with van der Waals surface area (Å²) in [6.07, 6.45) is 3.99. The molecule has 0 unspecified atom stereocenters. The van der Waals surface area contributed by atoms with Crippen molar-refractivity contribution in [2.24, 2.45) is 0 Å². The lowest BCUT2D eigenvalue weighted by atomic mass is 10.1. The second-order valence-corrected chi connectivity index (χ2v) is 10.1. The standard InChI is InChI=1S/C28H35ClN4O4/c1-5-7-12-37-27-21(23(35-4)13-18(3)30-27)15-32-11-10-31-9-8-19-14-22(33(6-2)20-16-36-17-20)25(29)24(26(19)31)28(32)34/h8-9,13-14,20H,5-7,10-12,15-17H2,1-4H3. The van der Waals surface area contributed by atoms with Gasteiger partial charge in [-0.1, -0.05) is 24.9 Å². The van der Waals surface area contributed by atoms with Crippen molar-refractivity contribution in [2.75, 3.05) is 44.9 Å². The van der Waals surface area contributed by atoms with Crippen LogP contribution >= 0.6 is 11.6 Å². The molecule has 1 aromatic carbocycles. The van der Waals surface area contributed by atoms with Crippen molar-refractivity contribution >= 4 is 34.1 Å². The summed E-state index contributed by atoms with van der Waals surface area (Å²) < 4.78 is 19.4. The number of likely N-dealkylation sites (N-methyl/N-ethyl adjacent to an activating group) is 1. The average Bonchev–Trinajstić information content (AvgIpc) is 3.20. The maximum absolute atomic E-state index is 14.2. The van der Waals surface area contributed by atoms with E-state index in [9.17, 15) is 4.79 Å². The first kappa shape index (κ1) is 25.7. The molecule has 5 rings (SSSR count). The van der Waals surface area contributed by atoms with Crippen LogP contribution in [0.3, 0.4) is 0 Å². The zero-order valence-electron chi connectivity index (χ0n) is 22.1. The minimum atomic E-state index is -0.0997. The van der Waals surface area contributed by atoms with E-state index >= 15 is 0 Å². The summed E-state index contributed by atoms with van der Waals surface area (Å²) in [4.78, 5) is 22.9. The summed E-state index contributed by atoms with van der Waals surface area (Å²) in [5.41, 5.74) is 3.89. The van der Waals surface area contributed by atoms with Gasteiger partial charge in [-0.15, -0.1) is 0 Å². The van der Waals surface area contributed by atoms with Crippen molar-refractivity contribution < 1.29 is 19.0 Å². The molecule has 0 spiro atoms. The lowest BCUT2D eigenvalue weighted by Gasteiger charge is -2.39.